The van der Waals surface area contributed by atoms with Crippen molar-refractivity contribution in [3.63, 3.8) is 0 Å². The van der Waals surface area contributed by atoms with Crippen molar-refractivity contribution < 1.29 is 14.6 Å². The van der Waals surface area contributed by atoms with Gasteiger partial charge in [-0.25, -0.2) is 9.78 Å². The lowest BCUT2D eigenvalue weighted by atomic mass is 10.1. The highest BCUT2D eigenvalue weighted by molar-refractivity contribution is 7.11. The zero-order valence-electron chi connectivity index (χ0n) is 10.4. The lowest BCUT2D eigenvalue weighted by molar-refractivity contribution is 0.0696. The Hall–Kier alpha value is -2.40. The number of nitrogens with zero attached hydrogens (tertiary/aromatic N) is 1. The van der Waals surface area contributed by atoms with Crippen LogP contribution in [0.2, 0.25) is 0 Å². The van der Waals surface area contributed by atoms with Crippen molar-refractivity contribution in [3.8, 4) is 5.75 Å². The first-order valence-electron chi connectivity index (χ1n) is 6.02. The standard InChI is InChI=1S/C15H11NO3S/c17-15(18)14-16-12(9-20-14)8-19-13-6-5-10-3-1-2-4-11(10)7-13/h1-7,9H,8H2,(H,17,18). The number of hydrogen-bond acceptors (Lipinski definition) is 4. The number of fused-ring (bicyclic) bond motifs is 1. The van der Waals surface area contributed by atoms with E-state index < -0.39 is 5.97 Å². The van der Waals surface area contributed by atoms with Crippen LogP contribution < -0.4 is 4.74 Å². The molecule has 100 valence electrons. The topological polar surface area (TPSA) is 59.4 Å². The fraction of sp³-hybridized carbons (Fsp3) is 0.0667. The lowest BCUT2D eigenvalue weighted by Crippen LogP contribution is -1.99. The van der Waals surface area contributed by atoms with Gasteiger partial charge in [-0.05, 0) is 22.9 Å². The van der Waals surface area contributed by atoms with Crippen LogP contribution in [0.4, 0.5) is 0 Å². The van der Waals surface area contributed by atoms with E-state index in [2.05, 4.69) is 4.98 Å². The van der Waals surface area contributed by atoms with Crippen LogP contribution >= 0.6 is 11.3 Å². The molecule has 3 rings (SSSR count). The Balaban J connectivity index is 1.74. The van der Waals surface area contributed by atoms with E-state index in [0.717, 1.165) is 27.9 Å². The molecule has 1 aromatic heterocycles. The minimum Gasteiger partial charge on any atom is -0.487 e. The van der Waals surface area contributed by atoms with E-state index in [-0.39, 0.29) is 11.6 Å². The summed E-state index contributed by atoms with van der Waals surface area (Å²) in [6.45, 7) is 0.266. The second-order valence-electron chi connectivity index (χ2n) is 4.25. The molecular weight excluding hydrogens is 274 g/mol. The average Bonchev–Trinajstić information content (AvgIpc) is 2.94. The number of carboxylic acid groups (broad SMARTS) is 1. The molecule has 1 N–H and O–H groups in total. The van der Waals surface area contributed by atoms with Crippen molar-refractivity contribution >= 4 is 28.1 Å². The summed E-state index contributed by atoms with van der Waals surface area (Å²) in [6.07, 6.45) is 0. The fourth-order valence-corrected chi connectivity index (χ4v) is 2.53. The number of carboxylic acids is 1. The third-order valence-electron chi connectivity index (χ3n) is 2.84. The molecule has 0 saturated carbocycles. The van der Waals surface area contributed by atoms with Crippen molar-refractivity contribution in [1.29, 1.82) is 0 Å². The SMILES string of the molecule is O=C(O)c1nc(COc2ccc3ccccc3c2)cs1. The van der Waals surface area contributed by atoms with Gasteiger partial charge in [-0.2, -0.15) is 0 Å². The molecule has 1 heterocycles. The average molecular weight is 285 g/mol. The van der Waals surface area contributed by atoms with E-state index in [4.69, 9.17) is 9.84 Å². The number of aromatic carboxylic acids is 1. The Bertz CT molecular complexity index is 766. The zero-order valence-corrected chi connectivity index (χ0v) is 11.3. The van der Waals surface area contributed by atoms with Gasteiger partial charge in [-0.3, -0.25) is 0 Å². The maximum Gasteiger partial charge on any atom is 0.365 e. The highest BCUT2D eigenvalue weighted by Gasteiger charge is 2.09. The van der Waals surface area contributed by atoms with Gasteiger partial charge in [0.05, 0.1) is 5.69 Å². The molecule has 0 aliphatic carbocycles. The first-order valence-corrected chi connectivity index (χ1v) is 6.89. The molecule has 0 spiro atoms. The van der Waals surface area contributed by atoms with Crippen LogP contribution in [-0.2, 0) is 6.61 Å². The van der Waals surface area contributed by atoms with Crippen LogP contribution in [0.15, 0.2) is 47.8 Å². The maximum absolute atomic E-state index is 10.7. The summed E-state index contributed by atoms with van der Waals surface area (Å²) in [5.74, 6) is -0.263. The highest BCUT2D eigenvalue weighted by Crippen LogP contribution is 2.21. The predicted octanol–water partition coefficient (Wildman–Crippen LogP) is 3.57. The molecular formula is C15H11NO3S. The van der Waals surface area contributed by atoms with Gasteiger partial charge in [0.2, 0.25) is 5.01 Å². The third-order valence-corrected chi connectivity index (χ3v) is 3.72. The number of aromatic nitrogens is 1. The van der Waals surface area contributed by atoms with E-state index in [1.54, 1.807) is 5.38 Å². The molecule has 0 unspecified atom stereocenters. The summed E-state index contributed by atoms with van der Waals surface area (Å²) in [4.78, 5) is 14.7. The monoisotopic (exact) mass is 285 g/mol. The number of ether oxygens (including phenoxy) is 1. The van der Waals surface area contributed by atoms with Crippen molar-refractivity contribution in [3.05, 3.63) is 58.5 Å². The lowest BCUT2D eigenvalue weighted by Gasteiger charge is -2.05. The normalized spacial score (nSPS) is 10.6. The second-order valence-corrected chi connectivity index (χ2v) is 5.10. The molecule has 2 aromatic carbocycles. The third kappa shape index (κ3) is 2.62. The van der Waals surface area contributed by atoms with Crippen molar-refractivity contribution in [1.82, 2.24) is 4.98 Å². The van der Waals surface area contributed by atoms with Gasteiger partial charge in [-0.1, -0.05) is 30.3 Å². The molecule has 5 heteroatoms. The quantitative estimate of drug-likeness (QED) is 0.796. The summed E-state index contributed by atoms with van der Waals surface area (Å²) in [7, 11) is 0. The van der Waals surface area contributed by atoms with Crippen molar-refractivity contribution in [2.24, 2.45) is 0 Å². The maximum atomic E-state index is 10.7. The van der Waals surface area contributed by atoms with E-state index in [0.29, 0.717) is 5.69 Å². The minimum absolute atomic E-state index is 0.0853. The number of benzene rings is 2. The van der Waals surface area contributed by atoms with Crippen LogP contribution in [0, 0.1) is 0 Å². The van der Waals surface area contributed by atoms with Crippen LogP contribution in [0.5, 0.6) is 5.75 Å². The Kier molecular flexibility index (Phi) is 3.35. The van der Waals surface area contributed by atoms with Gasteiger partial charge in [0.1, 0.15) is 12.4 Å². The Morgan fingerprint density at radius 3 is 2.75 bits per heavy atom. The smallest absolute Gasteiger partial charge is 0.365 e. The first-order chi connectivity index (χ1) is 9.72. The molecule has 20 heavy (non-hydrogen) atoms. The fourth-order valence-electron chi connectivity index (χ4n) is 1.89. The molecule has 3 aromatic rings. The van der Waals surface area contributed by atoms with Crippen molar-refractivity contribution in [2.45, 2.75) is 6.61 Å². The Morgan fingerprint density at radius 2 is 2.00 bits per heavy atom. The molecule has 0 radical (unpaired) electrons. The summed E-state index contributed by atoms with van der Waals surface area (Å²) in [5.41, 5.74) is 0.626. The van der Waals surface area contributed by atoms with E-state index in [9.17, 15) is 4.79 Å². The van der Waals surface area contributed by atoms with Gasteiger partial charge >= 0.3 is 5.97 Å². The molecule has 4 nitrogen and oxygen atoms in total. The van der Waals surface area contributed by atoms with Crippen molar-refractivity contribution in [2.75, 3.05) is 0 Å². The second kappa shape index (κ2) is 5.30. The Labute approximate surface area is 119 Å². The number of thiazole rings is 1. The molecule has 0 atom stereocenters. The predicted molar refractivity (Wildman–Crippen MR) is 77.4 cm³/mol. The first kappa shape index (κ1) is 12.6. The van der Waals surface area contributed by atoms with Gasteiger partial charge in [0, 0.05) is 5.38 Å². The van der Waals surface area contributed by atoms with Gasteiger partial charge in [0.15, 0.2) is 0 Å². The van der Waals surface area contributed by atoms with Gasteiger partial charge < -0.3 is 9.84 Å². The number of rotatable bonds is 4. The molecule has 0 saturated heterocycles. The van der Waals surface area contributed by atoms with Crippen LogP contribution in [0.3, 0.4) is 0 Å². The van der Waals surface area contributed by atoms with E-state index in [1.807, 2.05) is 42.5 Å². The van der Waals surface area contributed by atoms with Crippen LogP contribution in [0.25, 0.3) is 10.8 Å². The van der Waals surface area contributed by atoms with E-state index in [1.165, 1.54) is 0 Å². The molecule has 0 bridgehead atoms. The summed E-state index contributed by atoms with van der Waals surface area (Å²) in [6, 6.07) is 13.9. The summed E-state index contributed by atoms with van der Waals surface area (Å²) >= 11 is 1.10. The van der Waals surface area contributed by atoms with Gasteiger partial charge in [0.25, 0.3) is 0 Å². The zero-order chi connectivity index (χ0) is 13.9. The van der Waals surface area contributed by atoms with E-state index >= 15 is 0 Å². The minimum atomic E-state index is -1.01. The molecule has 0 amide bonds. The number of carbonyl (C=O) groups is 1. The summed E-state index contributed by atoms with van der Waals surface area (Å²) in [5, 5.41) is 12.9. The van der Waals surface area contributed by atoms with Crippen LogP contribution in [0.1, 0.15) is 15.5 Å². The Morgan fingerprint density at radius 1 is 1.20 bits per heavy atom. The summed E-state index contributed by atoms with van der Waals surface area (Å²) < 4.78 is 5.64. The largest absolute Gasteiger partial charge is 0.487 e. The molecule has 0 fully saturated rings. The van der Waals surface area contributed by atoms with Gasteiger partial charge in [-0.15, -0.1) is 11.3 Å². The number of hydrogen-bond donors (Lipinski definition) is 1. The van der Waals surface area contributed by atoms with Crippen LogP contribution in [-0.4, -0.2) is 16.1 Å². The highest BCUT2D eigenvalue weighted by atomic mass is 32.1. The molecule has 0 aliphatic rings. The molecule has 0 aliphatic heterocycles.